The zero-order valence-corrected chi connectivity index (χ0v) is 16.9. The molecule has 4 aromatic heterocycles. The molecule has 0 saturated heterocycles. The fourth-order valence-electron chi connectivity index (χ4n) is 3.47. The first kappa shape index (κ1) is 19.8. The van der Waals surface area contributed by atoms with Gasteiger partial charge in [-0.2, -0.15) is 0 Å². The van der Waals surface area contributed by atoms with Gasteiger partial charge in [0.05, 0.1) is 23.3 Å². The number of fused-ring (bicyclic) bond motifs is 2. The Balaban J connectivity index is 1.92. The average Bonchev–Trinajstić information content (AvgIpc) is 3.29. The Hall–Kier alpha value is -3.49. The van der Waals surface area contributed by atoms with E-state index in [1.54, 1.807) is 19.2 Å². The van der Waals surface area contributed by atoms with Gasteiger partial charge in [0.15, 0.2) is 5.65 Å². The van der Waals surface area contributed by atoms with Crippen LogP contribution in [0, 0.1) is 6.92 Å². The molecule has 4 heterocycles. The highest BCUT2D eigenvalue weighted by Gasteiger charge is 2.18. The average molecular weight is 409 g/mol. The number of hydrogen-bond acceptors (Lipinski definition) is 5. The summed E-state index contributed by atoms with van der Waals surface area (Å²) in [4.78, 5) is 25.3. The van der Waals surface area contributed by atoms with Crippen molar-refractivity contribution in [3.8, 4) is 11.3 Å². The summed E-state index contributed by atoms with van der Waals surface area (Å²) in [6.07, 6.45) is 4.54. The first-order valence-corrected chi connectivity index (χ1v) is 9.64. The van der Waals surface area contributed by atoms with Gasteiger partial charge >= 0.3 is 0 Å². The molecule has 0 aliphatic rings. The summed E-state index contributed by atoms with van der Waals surface area (Å²) < 4.78 is 27.6. The largest absolute Gasteiger partial charge is 0.345 e. The van der Waals surface area contributed by atoms with Crippen LogP contribution < -0.4 is 0 Å². The second-order valence-corrected chi connectivity index (χ2v) is 6.72. The van der Waals surface area contributed by atoms with Crippen LogP contribution in [0.4, 0.5) is 8.78 Å². The molecule has 0 radical (unpaired) electrons. The number of nitrogens with zero attached hydrogens (tertiary/aromatic N) is 6. The maximum Gasteiger partial charge on any atom is 0.256 e. The molecule has 0 aliphatic heterocycles. The molecule has 0 spiro atoms. The summed E-state index contributed by atoms with van der Waals surface area (Å²) in [7, 11) is 0. The van der Waals surface area contributed by atoms with Gasteiger partial charge in [-0.1, -0.05) is 6.08 Å². The van der Waals surface area contributed by atoms with Crippen molar-refractivity contribution in [1.82, 2.24) is 29.5 Å². The lowest BCUT2D eigenvalue weighted by atomic mass is 10.0. The minimum Gasteiger partial charge on any atom is -0.345 e. The first-order valence-electron chi connectivity index (χ1n) is 9.64. The maximum absolute atomic E-state index is 13.1. The van der Waals surface area contributed by atoms with Crippen LogP contribution in [0.5, 0.6) is 0 Å². The van der Waals surface area contributed by atoms with Gasteiger partial charge in [-0.25, -0.2) is 28.7 Å². The van der Waals surface area contributed by atoms with Crippen LogP contribution in [0.3, 0.4) is 0 Å². The highest BCUT2D eigenvalue weighted by molar-refractivity contribution is 6.15. The van der Waals surface area contributed by atoms with Crippen molar-refractivity contribution in [2.24, 2.45) is 4.99 Å². The molecule has 30 heavy (non-hydrogen) atoms. The molecular weight excluding hydrogens is 388 g/mol. The molecule has 4 aromatic rings. The van der Waals surface area contributed by atoms with Gasteiger partial charge in [-0.15, -0.1) is 0 Å². The third-order valence-electron chi connectivity index (χ3n) is 4.85. The minimum atomic E-state index is -2.49. The Morgan fingerprint density at radius 2 is 2.10 bits per heavy atom. The Morgan fingerprint density at radius 3 is 2.83 bits per heavy atom. The summed E-state index contributed by atoms with van der Waals surface area (Å²) in [6, 6.07) is 3.63. The maximum atomic E-state index is 13.1. The minimum absolute atomic E-state index is 0.428. The molecule has 0 atom stereocenters. The van der Waals surface area contributed by atoms with Crippen molar-refractivity contribution in [1.29, 1.82) is 0 Å². The lowest BCUT2D eigenvalue weighted by Gasteiger charge is -2.07. The van der Waals surface area contributed by atoms with Gasteiger partial charge in [0, 0.05) is 30.1 Å². The number of aliphatic imine (C=N–C) groups is 1. The molecule has 0 fully saturated rings. The molecular formula is C21H21F2N7. The number of aromatic nitrogens is 6. The predicted octanol–water partition coefficient (Wildman–Crippen LogP) is 4.44. The van der Waals surface area contributed by atoms with Gasteiger partial charge in [0.1, 0.15) is 23.3 Å². The molecule has 0 bridgehead atoms. The Kier molecular flexibility index (Phi) is 5.35. The number of aryl methyl sites for hydroxylation is 1. The summed E-state index contributed by atoms with van der Waals surface area (Å²) in [6.45, 7) is 5.80. The van der Waals surface area contributed by atoms with E-state index >= 15 is 0 Å². The zero-order valence-electron chi connectivity index (χ0n) is 16.9. The molecule has 0 unspecified atom stereocenters. The molecule has 0 amide bonds. The van der Waals surface area contributed by atoms with Crippen LogP contribution in [0.15, 0.2) is 35.7 Å². The molecule has 4 rings (SSSR count). The number of nitrogens with one attached hydrogen (secondary N) is 1. The Bertz CT molecular complexity index is 1270. The predicted molar refractivity (Wildman–Crippen MR) is 114 cm³/mol. The van der Waals surface area contributed by atoms with Crippen LogP contribution in [-0.2, 0) is 6.54 Å². The summed E-state index contributed by atoms with van der Waals surface area (Å²) in [5.74, 6) is 0.505. The molecule has 1 N–H and O–H groups in total. The van der Waals surface area contributed by atoms with Crippen molar-refractivity contribution in [3.05, 3.63) is 42.3 Å². The van der Waals surface area contributed by atoms with E-state index < -0.39 is 13.0 Å². The first-order chi connectivity index (χ1) is 14.5. The van der Waals surface area contributed by atoms with E-state index in [1.807, 2.05) is 32.2 Å². The summed E-state index contributed by atoms with van der Waals surface area (Å²) in [5.41, 5.74) is 4.69. The molecule has 0 aromatic carbocycles. The molecule has 9 heteroatoms. The number of pyridine rings is 1. The summed E-state index contributed by atoms with van der Waals surface area (Å²) >= 11 is 0. The van der Waals surface area contributed by atoms with Crippen molar-refractivity contribution >= 4 is 34.0 Å². The van der Waals surface area contributed by atoms with E-state index in [1.165, 1.54) is 10.9 Å². The van der Waals surface area contributed by atoms with Gasteiger partial charge < -0.3 is 9.55 Å². The lowest BCUT2D eigenvalue weighted by molar-refractivity contribution is 0.127. The van der Waals surface area contributed by atoms with E-state index in [0.29, 0.717) is 34.9 Å². The molecule has 7 nitrogen and oxygen atoms in total. The highest BCUT2D eigenvalue weighted by Crippen LogP contribution is 2.32. The zero-order chi connectivity index (χ0) is 21.3. The number of rotatable bonds is 6. The van der Waals surface area contributed by atoms with Crippen LogP contribution in [-0.4, -0.2) is 48.7 Å². The van der Waals surface area contributed by atoms with Gasteiger partial charge in [0.25, 0.3) is 6.43 Å². The van der Waals surface area contributed by atoms with Crippen molar-refractivity contribution in [2.75, 3.05) is 6.54 Å². The van der Waals surface area contributed by atoms with Crippen LogP contribution >= 0.6 is 0 Å². The van der Waals surface area contributed by atoms with Gasteiger partial charge in [-0.05, 0) is 32.9 Å². The van der Waals surface area contributed by atoms with Crippen LogP contribution in [0.1, 0.15) is 25.4 Å². The number of allylic oxidation sites excluding steroid dienone is 2. The second kappa shape index (κ2) is 8.10. The number of imidazole rings is 1. The van der Waals surface area contributed by atoms with Gasteiger partial charge in [0.2, 0.25) is 0 Å². The number of hydrogen-bond donors (Lipinski definition) is 1. The SMILES string of the molecule is C/C=C(\C=NCC)c1ncnc2[nH]cc(-c3ccc4nc(C)n(CC(F)F)c4n3)c12. The topological polar surface area (TPSA) is 84.6 Å². The number of H-pyrrole nitrogens is 1. The van der Waals surface area contributed by atoms with E-state index in [0.717, 1.165) is 22.2 Å². The summed E-state index contributed by atoms with van der Waals surface area (Å²) in [5, 5.41) is 0.802. The smallest absolute Gasteiger partial charge is 0.256 e. The fourth-order valence-corrected chi connectivity index (χ4v) is 3.47. The van der Waals surface area contributed by atoms with E-state index in [4.69, 9.17) is 0 Å². The quantitative estimate of drug-likeness (QED) is 0.477. The highest BCUT2D eigenvalue weighted by atomic mass is 19.3. The Labute approximate surface area is 171 Å². The third-order valence-corrected chi connectivity index (χ3v) is 4.85. The lowest BCUT2D eigenvalue weighted by Crippen LogP contribution is -2.08. The molecule has 154 valence electrons. The standard InChI is InChI=1S/C21H21F2N7/c1-4-13(8-24-5-2)19-18-14(9-25-20(18)27-11-26-19)15-6-7-16-21(29-15)30(10-17(22)23)12(3)28-16/h4,6-9,11,17H,5,10H2,1-3H3,(H,25,26,27)/b13-4+,24-8?. The Morgan fingerprint density at radius 1 is 1.27 bits per heavy atom. The normalized spacial score (nSPS) is 12.8. The van der Waals surface area contributed by atoms with Crippen LogP contribution in [0.25, 0.3) is 39.0 Å². The van der Waals surface area contributed by atoms with Crippen molar-refractivity contribution in [2.45, 2.75) is 33.7 Å². The number of alkyl halides is 2. The number of aromatic amines is 1. The number of halogens is 2. The van der Waals surface area contributed by atoms with Gasteiger partial charge in [-0.3, -0.25) is 4.99 Å². The molecule has 0 aliphatic carbocycles. The molecule has 0 saturated carbocycles. The van der Waals surface area contributed by atoms with Crippen LogP contribution in [0.2, 0.25) is 0 Å². The second-order valence-electron chi connectivity index (χ2n) is 6.72. The third kappa shape index (κ3) is 3.47. The monoisotopic (exact) mass is 409 g/mol. The van der Waals surface area contributed by atoms with Crippen molar-refractivity contribution < 1.29 is 8.78 Å². The van der Waals surface area contributed by atoms with E-state index in [-0.39, 0.29) is 0 Å². The van der Waals surface area contributed by atoms with E-state index in [9.17, 15) is 8.78 Å². The van der Waals surface area contributed by atoms with E-state index in [2.05, 4.69) is 29.9 Å². The van der Waals surface area contributed by atoms with Crippen molar-refractivity contribution in [3.63, 3.8) is 0 Å². The fraction of sp³-hybridized carbons (Fsp3) is 0.286.